The minimum atomic E-state index is -0.657. The lowest BCUT2D eigenvalue weighted by molar-refractivity contribution is 0.592. The molecule has 3 N–H and O–H groups in total. The van der Waals surface area contributed by atoms with Crippen LogP contribution < -0.4 is 10.5 Å². The van der Waals surface area contributed by atoms with E-state index in [1.54, 1.807) is 18.2 Å². The highest BCUT2D eigenvalue weighted by Gasteiger charge is 2.16. The first-order valence-corrected chi connectivity index (χ1v) is 9.33. The lowest BCUT2D eigenvalue weighted by Crippen LogP contribution is -1.98. The molecule has 28 heavy (non-hydrogen) atoms. The van der Waals surface area contributed by atoms with Crippen LogP contribution in [0.1, 0.15) is 5.56 Å². The van der Waals surface area contributed by atoms with Crippen LogP contribution in [-0.4, -0.2) is 9.97 Å². The van der Waals surface area contributed by atoms with Crippen LogP contribution >= 0.6 is 11.9 Å². The molecule has 0 unspecified atom stereocenters. The normalized spacial score (nSPS) is 11.0. The Hall–Kier alpha value is -3.19. The largest absolute Gasteiger partial charge is 0.368 e. The lowest BCUT2D eigenvalue weighted by Gasteiger charge is -2.12. The number of fused-ring (bicyclic) bond motifs is 1. The number of halogens is 2. The van der Waals surface area contributed by atoms with Crippen LogP contribution in [-0.2, 0) is 0 Å². The molecule has 0 saturated heterocycles. The van der Waals surface area contributed by atoms with Crippen LogP contribution in [0.2, 0.25) is 0 Å². The predicted octanol–water partition coefficient (Wildman–Crippen LogP) is 5.58. The van der Waals surface area contributed by atoms with E-state index < -0.39 is 11.6 Å². The zero-order valence-corrected chi connectivity index (χ0v) is 15.7. The molecule has 0 amide bonds. The van der Waals surface area contributed by atoms with Gasteiger partial charge in [-0.15, -0.1) is 0 Å². The minimum absolute atomic E-state index is 0.103. The number of hydrogen-bond donors (Lipinski definition) is 2. The van der Waals surface area contributed by atoms with Crippen molar-refractivity contribution in [3.05, 3.63) is 78.0 Å². The van der Waals surface area contributed by atoms with Crippen molar-refractivity contribution in [2.45, 2.75) is 11.8 Å². The van der Waals surface area contributed by atoms with Crippen molar-refractivity contribution < 1.29 is 8.78 Å². The maximum absolute atomic E-state index is 15.1. The minimum Gasteiger partial charge on any atom is -0.368 e. The van der Waals surface area contributed by atoms with E-state index in [9.17, 15) is 4.39 Å². The van der Waals surface area contributed by atoms with Gasteiger partial charge in [0.15, 0.2) is 5.82 Å². The number of anilines is 2. The van der Waals surface area contributed by atoms with Gasteiger partial charge < -0.3 is 10.5 Å². The molecule has 140 valence electrons. The first-order valence-electron chi connectivity index (χ1n) is 8.51. The van der Waals surface area contributed by atoms with Crippen LogP contribution in [0.4, 0.5) is 20.4 Å². The van der Waals surface area contributed by atoms with Gasteiger partial charge in [-0.25, -0.2) is 18.7 Å². The number of nitrogen functional groups attached to an aromatic ring is 1. The summed E-state index contributed by atoms with van der Waals surface area (Å²) in [5.41, 5.74) is 7.80. The fraction of sp³-hybridized carbons (Fsp3) is 0.0476. The van der Waals surface area contributed by atoms with Crippen molar-refractivity contribution in [3.63, 3.8) is 0 Å². The van der Waals surface area contributed by atoms with E-state index in [1.165, 1.54) is 30.3 Å². The molecular weight excluding hydrogens is 378 g/mol. The number of hydrogen-bond acceptors (Lipinski definition) is 5. The van der Waals surface area contributed by atoms with Crippen LogP contribution in [0.5, 0.6) is 0 Å². The standard InChI is InChI=1S/C21H16F2N4S/c1-12-3-2-4-15(9-12)28-27-18-8-6-16(22)19(20(18)23)13-5-7-17-14(10-13)11-25-21(24)26-17/h2-11,27H,1H3,(H2,24,25,26). The van der Waals surface area contributed by atoms with Crippen molar-refractivity contribution in [1.82, 2.24) is 9.97 Å². The van der Waals surface area contributed by atoms with Gasteiger partial charge in [0.2, 0.25) is 5.95 Å². The highest BCUT2D eigenvalue weighted by molar-refractivity contribution is 8.00. The Bertz CT molecular complexity index is 1180. The fourth-order valence-electron chi connectivity index (χ4n) is 2.89. The van der Waals surface area contributed by atoms with Crippen LogP contribution in [0, 0.1) is 18.6 Å². The molecule has 0 aliphatic heterocycles. The number of nitrogens with one attached hydrogen (secondary N) is 1. The zero-order chi connectivity index (χ0) is 19.7. The predicted molar refractivity (Wildman–Crippen MR) is 110 cm³/mol. The van der Waals surface area contributed by atoms with Gasteiger partial charge in [-0.1, -0.05) is 18.2 Å². The Morgan fingerprint density at radius 1 is 1.04 bits per heavy atom. The Balaban J connectivity index is 1.69. The second kappa shape index (κ2) is 7.44. The molecule has 1 aromatic heterocycles. The molecule has 0 spiro atoms. The summed E-state index contributed by atoms with van der Waals surface area (Å²) in [6.45, 7) is 1.98. The van der Waals surface area contributed by atoms with Gasteiger partial charge >= 0.3 is 0 Å². The average Bonchev–Trinajstić information content (AvgIpc) is 2.67. The molecule has 1 heterocycles. The van der Waals surface area contributed by atoms with Crippen molar-refractivity contribution in [3.8, 4) is 11.1 Å². The second-order valence-corrected chi connectivity index (χ2v) is 7.19. The first kappa shape index (κ1) is 18.2. The van der Waals surface area contributed by atoms with E-state index in [1.807, 2.05) is 31.2 Å². The summed E-state index contributed by atoms with van der Waals surface area (Å²) >= 11 is 1.27. The molecule has 4 aromatic rings. The molecule has 0 bridgehead atoms. The Morgan fingerprint density at radius 2 is 1.89 bits per heavy atom. The number of aromatic nitrogens is 2. The first-order chi connectivity index (χ1) is 13.5. The van der Waals surface area contributed by atoms with Gasteiger partial charge in [0.25, 0.3) is 0 Å². The number of nitrogens with two attached hydrogens (primary N) is 1. The summed E-state index contributed by atoms with van der Waals surface area (Å²) in [6, 6.07) is 15.4. The van der Waals surface area contributed by atoms with Crippen LogP contribution in [0.15, 0.2) is 65.7 Å². The van der Waals surface area contributed by atoms with Gasteiger partial charge in [-0.3, -0.25) is 0 Å². The highest BCUT2D eigenvalue weighted by Crippen LogP contribution is 2.34. The van der Waals surface area contributed by atoms with Gasteiger partial charge in [0.1, 0.15) is 5.82 Å². The van der Waals surface area contributed by atoms with Gasteiger partial charge in [-0.2, -0.15) is 0 Å². The average molecular weight is 394 g/mol. The monoisotopic (exact) mass is 394 g/mol. The van der Waals surface area contributed by atoms with E-state index in [0.29, 0.717) is 16.5 Å². The zero-order valence-electron chi connectivity index (χ0n) is 14.9. The molecular formula is C21H16F2N4S. The SMILES string of the molecule is Cc1cccc(SNc2ccc(F)c(-c3ccc4nc(N)ncc4c3)c2F)c1. The maximum atomic E-state index is 15.1. The molecule has 4 nitrogen and oxygen atoms in total. The van der Waals surface area contributed by atoms with E-state index in [-0.39, 0.29) is 17.2 Å². The van der Waals surface area contributed by atoms with Crippen molar-refractivity contribution >= 4 is 34.5 Å². The highest BCUT2D eigenvalue weighted by atomic mass is 32.2. The third-order valence-electron chi connectivity index (χ3n) is 4.25. The molecule has 0 atom stereocenters. The Labute approximate surface area is 165 Å². The smallest absolute Gasteiger partial charge is 0.220 e. The Morgan fingerprint density at radius 3 is 2.71 bits per heavy atom. The number of aryl methyl sites for hydroxylation is 1. The van der Waals surface area contributed by atoms with Crippen LogP contribution in [0.25, 0.3) is 22.0 Å². The molecule has 0 aliphatic rings. The summed E-state index contributed by atoms with van der Waals surface area (Å²) in [5, 5.41) is 0.651. The second-order valence-electron chi connectivity index (χ2n) is 6.31. The van der Waals surface area contributed by atoms with E-state index in [4.69, 9.17) is 5.73 Å². The van der Waals surface area contributed by atoms with Crippen LogP contribution in [0.3, 0.4) is 0 Å². The van der Waals surface area contributed by atoms with Crippen molar-refractivity contribution in [1.29, 1.82) is 0 Å². The third-order valence-corrected chi connectivity index (χ3v) is 5.06. The maximum Gasteiger partial charge on any atom is 0.220 e. The molecule has 0 fully saturated rings. The number of benzene rings is 3. The van der Waals surface area contributed by atoms with E-state index >= 15 is 4.39 Å². The summed E-state index contributed by atoms with van der Waals surface area (Å²) in [4.78, 5) is 8.98. The molecule has 4 rings (SSSR count). The Kier molecular flexibility index (Phi) is 4.83. The van der Waals surface area contributed by atoms with Crippen molar-refractivity contribution in [2.24, 2.45) is 0 Å². The van der Waals surface area contributed by atoms with Crippen molar-refractivity contribution in [2.75, 3.05) is 10.5 Å². The fourth-order valence-corrected chi connectivity index (χ4v) is 3.67. The van der Waals surface area contributed by atoms with Gasteiger partial charge in [0, 0.05) is 16.5 Å². The molecule has 0 saturated carbocycles. The van der Waals surface area contributed by atoms with E-state index in [0.717, 1.165) is 10.5 Å². The summed E-state index contributed by atoms with van der Waals surface area (Å²) in [5.74, 6) is -1.15. The number of rotatable bonds is 4. The lowest BCUT2D eigenvalue weighted by atomic mass is 10.0. The molecule has 7 heteroatoms. The molecule has 3 aromatic carbocycles. The summed E-state index contributed by atoms with van der Waals surface area (Å²) < 4.78 is 32.5. The molecule has 0 aliphatic carbocycles. The third kappa shape index (κ3) is 3.61. The quantitative estimate of drug-likeness (QED) is 0.442. The van der Waals surface area contributed by atoms with E-state index in [2.05, 4.69) is 14.7 Å². The summed E-state index contributed by atoms with van der Waals surface area (Å²) in [6.07, 6.45) is 1.53. The number of nitrogens with zero attached hydrogens (tertiary/aromatic N) is 2. The topological polar surface area (TPSA) is 63.8 Å². The summed E-state index contributed by atoms with van der Waals surface area (Å²) in [7, 11) is 0. The van der Waals surface area contributed by atoms with Gasteiger partial charge in [0.05, 0.1) is 16.8 Å². The molecule has 0 radical (unpaired) electrons. The van der Waals surface area contributed by atoms with Gasteiger partial charge in [-0.05, 0) is 66.4 Å².